The number of hydrogen-bond acceptors (Lipinski definition) is 11. The van der Waals surface area contributed by atoms with Gasteiger partial charge in [-0.15, -0.1) is 10.2 Å². The van der Waals surface area contributed by atoms with Crippen molar-refractivity contribution in [2.45, 2.75) is 26.7 Å². The molecule has 11 nitrogen and oxygen atoms in total. The van der Waals surface area contributed by atoms with Crippen LogP contribution in [0.5, 0.6) is 5.75 Å². The standard InChI is InChI=1S/C35H41N8O3P/c1-22-17-28(30(45-4)18-29(22)43-15-13-35(14-16-43)20-42(3)21-35)38-34-36-19-26(33-41-40-23(2)46-33)32(39-34)37-27-12-11-24-9-7-8-10-25(24)31(27)47(5,6)44/h7-12,17-19H,13-16,20-21H2,1-6H3,(H2,36,37,38,39). The Morgan fingerprint density at radius 2 is 1.74 bits per heavy atom. The van der Waals surface area contributed by atoms with Gasteiger partial charge >= 0.3 is 0 Å². The van der Waals surface area contributed by atoms with E-state index in [1.165, 1.54) is 31.6 Å². The van der Waals surface area contributed by atoms with Crippen molar-refractivity contribution in [3.05, 3.63) is 66.2 Å². The highest BCUT2D eigenvalue weighted by Gasteiger charge is 2.43. The van der Waals surface area contributed by atoms with Gasteiger partial charge in [0.15, 0.2) is 0 Å². The van der Waals surface area contributed by atoms with Crippen LogP contribution in [-0.4, -0.2) is 78.7 Å². The molecule has 0 aliphatic carbocycles. The lowest BCUT2D eigenvalue weighted by Gasteiger charge is -2.53. The molecule has 47 heavy (non-hydrogen) atoms. The van der Waals surface area contributed by atoms with Crippen molar-refractivity contribution >= 4 is 52.0 Å². The summed E-state index contributed by atoms with van der Waals surface area (Å²) in [6.45, 7) is 11.9. The van der Waals surface area contributed by atoms with E-state index in [4.69, 9.17) is 14.1 Å². The second kappa shape index (κ2) is 12.0. The van der Waals surface area contributed by atoms with Crippen molar-refractivity contribution in [3.63, 3.8) is 0 Å². The third-order valence-corrected chi connectivity index (χ3v) is 10.9. The molecule has 12 heteroatoms. The van der Waals surface area contributed by atoms with Crippen LogP contribution in [0.2, 0.25) is 0 Å². The van der Waals surface area contributed by atoms with Gasteiger partial charge in [0, 0.05) is 56.4 Å². The van der Waals surface area contributed by atoms with E-state index in [1.807, 2.05) is 36.4 Å². The maximum Gasteiger partial charge on any atom is 0.253 e. The van der Waals surface area contributed by atoms with Gasteiger partial charge in [0.05, 0.1) is 18.5 Å². The molecule has 0 amide bonds. The first-order chi connectivity index (χ1) is 22.5. The van der Waals surface area contributed by atoms with Gasteiger partial charge in [-0.05, 0) is 74.0 Å². The minimum atomic E-state index is -2.72. The molecule has 0 atom stereocenters. The van der Waals surface area contributed by atoms with Gasteiger partial charge in [-0.3, -0.25) is 0 Å². The van der Waals surface area contributed by atoms with E-state index in [0.29, 0.717) is 40.1 Å². The van der Waals surface area contributed by atoms with Gasteiger partial charge in [-0.1, -0.05) is 30.3 Å². The van der Waals surface area contributed by atoms with E-state index < -0.39 is 7.14 Å². The number of rotatable bonds is 8. The molecule has 3 aromatic carbocycles. The zero-order valence-corrected chi connectivity index (χ0v) is 28.7. The number of likely N-dealkylation sites (tertiary alicyclic amines) is 1. The van der Waals surface area contributed by atoms with Crippen molar-refractivity contribution in [1.29, 1.82) is 0 Å². The van der Waals surface area contributed by atoms with E-state index in [9.17, 15) is 4.57 Å². The number of piperidine rings is 1. The number of nitrogens with one attached hydrogen (secondary N) is 2. The Balaban J connectivity index is 1.22. The SMILES string of the molecule is COc1cc(N2CCC3(CC2)CN(C)C3)c(C)cc1Nc1ncc(-c2nnc(C)o2)c(Nc2ccc3ccccc3c2P(C)(C)=O)n1. The number of aryl methyl sites for hydroxylation is 2. The summed E-state index contributed by atoms with van der Waals surface area (Å²) in [4.78, 5) is 14.4. The maximum atomic E-state index is 13.7. The monoisotopic (exact) mass is 652 g/mol. The Hall–Kier alpha value is -4.47. The molecule has 0 bridgehead atoms. The highest BCUT2D eigenvalue weighted by atomic mass is 31.2. The van der Waals surface area contributed by atoms with Crippen molar-refractivity contribution in [3.8, 4) is 17.2 Å². The molecular formula is C35H41N8O3P. The number of nitrogens with zero attached hydrogens (tertiary/aromatic N) is 6. The number of ether oxygens (including phenoxy) is 1. The number of methoxy groups -OCH3 is 1. The maximum absolute atomic E-state index is 13.7. The van der Waals surface area contributed by atoms with Crippen molar-refractivity contribution < 1.29 is 13.7 Å². The molecule has 2 saturated heterocycles. The lowest BCUT2D eigenvalue weighted by molar-refractivity contribution is 0.00130. The van der Waals surface area contributed by atoms with Crippen molar-refractivity contribution in [1.82, 2.24) is 25.1 Å². The third kappa shape index (κ3) is 6.05. The molecule has 5 aromatic rings. The van der Waals surface area contributed by atoms with E-state index in [0.717, 1.165) is 40.4 Å². The molecule has 0 unspecified atom stereocenters. The molecule has 0 saturated carbocycles. The third-order valence-electron chi connectivity index (χ3n) is 9.38. The molecule has 1 spiro atoms. The zero-order valence-electron chi connectivity index (χ0n) is 27.8. The number of hydrogen-bond donors (Lipinski definition) is 2. The fourth-order valence-corrected chi connectivity index (χ4v) is 8.70. The Labute approximate surface area is 275 Å². The Kier molecular flexibility index (Phi) is 7.92. The van der Waals surface area contributed by atoms with Gasteiger partial charge < -0.3 is 34.2 Å². The average molecular weight is 653 g/mol. The molecule has 244 valence electrons. The van der Waals surface area contributed by atoms with Crippen LogP contribution in [0.3, 0.4) is 0 Å². The number of aromatic nitrogens is 4. The quantitative estimate of drug-likeness (QED) is 0.177. The summed E-state index contributed by atoms with van der Waals surface area (Å²) in [6, 6.07) is 16.1. The van der Waals surface area contributed by atoms with Crippen LogP contribution in [0.15, 0.2) is 59.1 Å². The fourth-order valence-electron chi connectivity index (χ4n) is 7.21. The minimum Gasteiger partial charge on any atom is -0.494 e. The molecule has 2 aromatic heterocycles. The summed E-state index contributed by atoms with van der Waals surface area (Å²) in [6.07, 6.45) is 4.07. The predicted octanol–water partition coefficient (Wildman–Crippen LogP) is 6.57. The van der Waals surface area contributed by atoms with E-state index in [-0.39, 0.29) is 5.89 Å². The van der Waals surface area contributed by atoms with E-state index >= 15 is 0 Å². The minimum absolute atomic E-state index is 0.282. The molecule has 4 heterocycles. The van der Waals surface area contributed by atoms with Crippen LogP contribution in [0.1, 0.15) is 24.3 Å². The first kappa shape index (κ1) is 31.1. The van der Waals surface area contributed by atoms with Gasteiger partial charge in [0.1, 0.15) is 24.3 Å². The average Bonchev–Trinajstić information content (AvgIpc) is 3.46. The van der Waals surface area contributed by atoms with Gasteiger partial charge in [-0.25, -0.2) is 4.98 Å². The molecule has 2 aliphatic rings. The molecule has 0 radical (unpaired) electrons. The lowest BCUT2D eigenvalue weighted by atomic mass is 9.72. The van der Waals surface area contributed by atoms with Gasteiger partial charge in [-0.2, -0.15) is 4.98 Å². The predicted molar refractivity (Wildman–Crippen MR) is 189 cm³/mol. The molecule has 7 rings (SSSR count). The van der Waals surface area contributed by atoms with Crippen LogP contribution >= 0.6 is 7.14 Å². The Morgan fingerprint density at radius 1 is 0.979 bits per heavy atom. The lowest BCUT2D eigenvalue weighted by Crippen LogP contribution is -2.58. The van der Waals surface area contributed by atoms with Gasteiger partial charge in [0.25, 0.3) is 5.89 Å². The second-order valence-electron chi connectivity index (χ2n) is 13.4. The van der Waals surface area contributed by atoms with Crippen LogP contribution in [0, 0.1) is 19.3 Å². The number of benzene rings is 3. The number of anilines is 5. The first-order valence-corrected chi connectivity index (χ1v) is 18.5. The van der Waals surface area contributed by atoms with E-state index in [2.05, 4.69) is 61.7 Å². The highest BCUT2D eigenvalue weighted by molar-refractivity contribution is 7.71. The molecule has 2 fully saturated rings. The van der Waals surface area contributed by atoms with Crippen LogP contribution in [-0.2, 0) is 4.57 Å². The first-order valence-electron chi connectivity index (χ1n) is 15.9. The summed E-state index contributed by atoms with van der Waals surface area (Å²) in [5.41, 5.74) is 4.79. The Bertz CT molecular complexity index is 2010. The highest BCUT2D eigenvalue weighted by Crippen LogP contribution is 2.44. The summed E-state index contributed by atoms with van der Waals surface area (Å²) >= 11 is 0. The topological polar surface area (TPSA) is 122 Å². The van der Waals surface area contributed by atoms with Crippen LogP contribution in [0.25, 0.3) is 22.2 Å². The Morgan fingerprint density at radius 3 is 2.43 bits per heavy atom. The summed E-state index contributed by atoms with van der Waals surface area (Å²) in [5.74, 6) is 2.21. The van der Waals surface area contributed by atoms with Crippen molar-refractivity contribution in [2.75, 3.05) is 69.2 Å². The second-order valence-corrected chi connectivity index (χ2v) is 16.5. The molecule has 2 N–H and O–H groups in total. The van der Waals surface area contributed by atoms with Crippen LogP contribution < -0.4 is 25.6 Å². The van der Waals surface area contributed by atoms with Crippen LogP contribution in [0.4, 0.5) is 28.8 Å². The molecular weight excluding hydrogens is 611 g/mol. The summed E-state index contributed by atoms with van der Waals surface area (Å²) in [5, 5.41) is 17.8. The summed E-state index contributed by atoms with van der Waals surface area (Å²) in [7, 11) is 1.16. The number of fused-ring (bicyclic) bond motifs is 1. The summed E-state index contributed by atoms with van der Waals surface area (Å²) < 4.78 is 25.3. The zero-order chi connectivity index (χ0) is 32.9. The largest absolute Gasteiger partial charge is 0.494 e. The molecule has 2 aliphatic heterocycles. The fraction of sp³-hybridized carbons (Fsp3) is 0.371. The van der Waals surface area contributed by atoms with Crippen molar-refractivity contribution in [2.24, 2.45) is 5.41 Å². The normalized spacial score (nSPS) is 16.3. The smallest absolute Gasteiger partial charge is 0.253 e. The van der Waals surface area contributed by atoms with E-state index in [1.54, 1.807) is 33.6 Å². The van der Waals surface area contributed by atoms with Gasteiger partial charge in [0.2, 0.25) is 11.8 Å².